The minimum Gasteiger partial charge on any atom is -0.385 e. The van der Waals surface area contributed by atoms with Crippen molar-refractivity contribution in [3.8, 4) is 0 Å². The smallest absolute Gasteiger partial charge is 0.248 e. The van der Waals surface area contributed by atoms with Crippen molar-refractivity contribution in [2.45, 2.75) is 81.8 Å². The number of rotatable bonds is 12. The molecule has 1 unspecified atom stereocenters. The number of halogens is 3. The van der Waals surface area contributed by atoms with E-state index >= 15 is 0 Å². The van der Waals surface area contributed by atoms with Gasteiger partial charge in [-0.25, -0.2) is 8.78 Å². The molecule has 34 heavy (non-hydrogen) atoms. The van der Waals surface area contributed by atoms with Gasteiger partial charge in [0.2, 0.25) is 5.92 Å². The van der Waals surface area contributed by atoms with Crippen LogP contribution in [0.4, 0.5) is 8.78 Å². The highest BCUT2D eigenvalue weighted by Gasteiger charge is 2.42. The molecule has 2 N–H and O–H groups in total. The molecule has 1 aromatic carbocycles. The number of hydrogen-bond donors (Lipinski definition) is 2. The Labute approximate surface area is 209 Å². The number of likely N-dealkylation sites (tertiary alicyclic amines) is 1. The molecule has 1 aromatic rings. The van der Waals surface area contributed by atoms with E-state index in [-0.39, 0.29) is 18.8 Å². The summed E-state index contributed by atoms with van der Waals surface area (Å²) in [7, 11) is 3.67. The van der Waals surface area contributed by atoms with Gasteiger partial charge in [-0.1, -0.05) is 23.7 Å². The number of nitrogens with one attached hydrogen (secondary N) is 1. The molecular formula is C27H43ClF2N2O2. The molecule has 1 saturated carbocycles. The second kappa shape index (κ2) is 13.0. The van der Waals surface area contributed by atoms with Crippen LogP contribution in [-0.2, 0) is 10.3 Å². The third-order valence-electron chi connectivity index (χ3n) is 8.01. The lowest BCUT2D eigenvalue weighted by Gasteiger charge is -2.46. The number of hydrogen-bond acceptors (Lipinski definition) is 4. The number of nitrogens with zero attached hydrogens (tertiary/aromatic N) is 1. The van der Waals surface area contributed by atoms with E-state index in [2.05, 4.69) is 10.2 Å². The van der Waals surface area contributed by atoms with Gasteiger partial charge in [0.05, 0.1) is 5.60 Å². The van der Waals surface area contributed by atoms with Crippen molar-refractivity contribution in [2.24, 2.45) is 11.8 Å². The first-order valence-corrected chi connectivity index (χ1v) is 13.4. The lowest BCUT2D eigenvalue weighted by atomic mass is 9.73. The Morgan fingerprint density at radius 3 is 2.71 bits per heavy atom. The van der Waals surface area contributed by atoms with Gasteiger partial charge >= 0.3 is 0 Å². The molecule has 1 saturated heterocycles. The molecule has 3 rings (SSSR count). The third kappa shape index (κ3) is 7.60. The largest absolute Gasteiger partial charge is 0.385 e. The van der Waals surface area contributed by atoms with Gasteiger partial charge < -0.3 is 15.2 Å². The molecule has 1 aliphatic heterocycles. The zero-order chi connectivity index (χ0) is 24.6. The number of methoxy groups -OCH3 is 1. The molecule has 1 heterocycles. The Hall–Kier alpha value is -0.790. The summed E-state index contributed by atoms with van der Waals surface area (Å²) in [6.45, 7) is 3.32. The molecule has 2 aliphatic rings. The van der Waals surface area contributed by atoms with Gasteiger partial charge in [0, 0.05) is 56.6 Å². The van der Waals surface area contributed by atoms with Crippen molar-refractivity contribution < 1.29 is 18.6 Å². The number of unbranched alkanes of at least 4 members (excludes halogenated alkanes) is 1. The fourth-order valence-electron chi connectivity index (χ4n) is 6.03. The first-order chi connectivity index (χ1) is 16.3. The monoisotopic (exact) mass is 500 g/mol. The van der Waals surface area contributed by atoms with E-state index in [0.29, 0.717) is 42.9 Å². The van der Waals surface area contributed by atoms with E-state index in [9.17, 15) is 13.9 Å². The van der Waals surface area contributed by atoms with Crippen molar-refractivity contribution in [1.82, 2.24) is 10.2 Å². The maximum atomic E-state index is 13.7. The molecule has 3 atom stereocenters. The van der Waals surface area contributed by atoms with Gasteiger partial charge in [0.15, 0.2) is 0 Å². The Kier molecular flexibility index (Phi) is 10.6. The second-order valence-electron chi connectivity index (χ2n) is 10.5. The molecule has 2 fully saturated rings. The van der Waals surface area contributed by atoms with Crippen molar-refractivity contribution in [3.63, 3.8) is 0 Å². The van der Waals surface area contributed by atoms with Gasteiger partial charge in [0.1, 0.15) is 0 Å². The van der Waals surface area contributed by atoms with Crippen LogP contribution in [-0.4, -0.2) is 62.4 Å². The van der Waals surface area contributed by atoms with Crippen LogP contribution in [0.2, 0.25) is 5.02 Å². The van der Waals surface area contributed by atoms with Crippen LogP contribution in [0.25, 0.3) is 0 Å². The van der Waals surface area contributed by atoms with E-state index in [0.717, 1.165) is 57.3 Å². The first kappa shape index (κ1) is 27.8. The Bertz CT molecular complexity index is 743. The van der Waals surface area contributed by atoms with Crippen LogP contribution in [0.5, 0.6) is 0 Å². The minimum absolute atomic E-state index is 0.0164. The van der Waals surface area contributed by atoms with E-state index in [1.165, 1.54) is 0 Å². The highest BCUT2D eigenvalue weighted by atomic mass is 35.5. The van der Waals surface area contributed by atoms with Crippen LogP contribution in [0.1, 0.15) is 69.8 Å². The minimum atomic E-state index is -2.48. The second-order valence-corrected chi connectivity index (χ2v) is 10.9. The van der Waals surface area contributed by atoms with Gasteiger partial charge in [0.25, 0.3) is 0 Å². The van der Waals surface area contributed by atoms with Crippen LogP contribution in [0, 0.1) is 11.8 Å². The summed E-state index contributed by atoms with van der Waals surface area (Å²) in [5.41, 5.74) is -0.0575. The van der Waals surface area contributed by atoms with Crippen LogP contribution >= 0.6 is 11.6 Å². The zero-order valence-electron chi connectivity index (χ0n) is 20.9. The van der Waals surface area contributed by atoms with E-state index < -0.39 is 11.5 Å². The predicted molar refractivity (Wildman–Crippen MR) is 135 cm³/mol. The summed E-state index contributed by atoms with van der Waals surface area (Å²) in [6, 6.07) is 7.96. The highest BCUT2D eigenvalue weighted by molar-refractivity contribution is 6.30. The number of aliphatic hydroxyl groups is 1. The fourth-order valence-corrected chi connectivity index (χ4v) is 6.22. The predicted octanol–water partition coefficient (Wildman–Crippen LogP) is 5.86. The van der Waals surface area contributed by atoms with Crippen molar-refractivity contribution >= 4 is 11.6 Å². The van der Waals surface area contributed by atoms with Gasteiger partial charge in [-0.3, -0.25) is 4.90 Å². The number of alkyl halides is 2. The van der Waals surface area contributed by atoms with Gasteiger partial charge in [-0.05, 0) is 88.6 Å². The van der Waals surface area contributed by atoms with E-state index in [1.54, 1.807) is 7.11 Å². The molecule has 0 radical (unpaired) electrons. The molecule has 0 aromatic heterocycles. The normalized spacial score (nSPS) is 24.6. The first-order valence-electron chi connectivity index (χ1n) is 13.0. The number of benzene rings is 1. The summed E-state index contributed by atoms with van der Waals surface area (Å²) in [5.74, 6) is -2.04. The summed E-state index contributed by atoms with van der Waals surface area (Å²) in [4.78, 5) is 2.50. The molecule has 0 amide bonds. The fraction of sp³-hybridized carbons (Fsp3) is 0.778. The summed E-state index contributed by atoms with van der Waals surface area (Å²) in [5, 5.41) is 16.1. The summed E-state index contributed by atoms with van der Waals surface area (Å²) in [6.07, 6.45) is 6.63. The van der Waals surface area contributed by atoms with Crippen LogP contribution < -0.4 is 5.32 Å². The molecule has 1 aliphatic carbocycles. The number of ether oxygens (including phenoxy) is 1. The van der Waals surface area contributed by atoms with E-state index in [1.807, 2.05) is 31.3 Å². The number of likely N-dealkylation sites (N-methyl/N-ethyl adjacent to an activating group) is 1. The topological polar surface area (TPSA) is 44.7 Å². The Morgan fingerprint density at radius 1 is 1.26 bits per heavy atom. The Balaban J connectivity index is 1.73. The van der Waals surface area contributed by atoms with Crippen LogP contribution in [0.15, 0.2) is 24.3 Å². The lowest BCUT2D eigenvalue weighted by molar-refractivity contribution is -0.0722. The van der Waals surface area contributed by atoms with Crippen molar-refractivity contribution in [3.05, 3.63) is 34.9 Å². The molecule has 0 spiro atoms. The SMILES string of the molecule is CNCC(CC1CCC(F)(F)CC1)N1CCC[C@@H]([C@@](O)(CCCCOC)c2cccc(Cl)c2)C1. The van der Waals surface area contributed by atoms with Crippen LogP contribution in [0.3, 0.4) is 0 Å². The molecule has 194 valence electrons. The van der Waals surface area contributed by atoms with E-state index in [4.69, 9.17) is 16.3 Å². The summed E-state index contributed by atoms with van der Waals surface area (Å²) >= 11 is 6.32. The maximum Gasteiger partial charge on any atom is 0.248 e. The average molecular weight is 501 g/mol. The highest BCUT2D eigenvalue weighted by Crippen LogP contribution is 2.42. The third-order valence-corrected chi connectivity index (χ3v) is 8.24. The molecular weight excluding hydrogens is 458 g/mol. The quantitative estimate of drug-likeness (QED) is 0.353. The molecule has 7 heteroatoms. The Morgan fingerprint density at radius 2 is 2.03 bits per heavy atom. The van der Waals surface area contributed by atoms with Crippen molar-refractivity contribution in [2.75, 3.05) is 40.4 Å². The van der Waals surface area contributed by atoms with Gasteiger partial charge in [-0.15, -0.1) is 0 Å². The standard InChI is InChI=1S/C27H43ClF2N2O2/c1-31-19-25(17-21-10-13-26(29,30)14-11-21)32-15-6-8-23(20-32)27(33,12-3-4-16-34-2)22-7-5-9-24(28)18-22/h5,7,9,18,21,23,25,31,33H,3-4,6,8,10-17,19-20H2,1-2H3/t23-,25?,27-/m1/s1. The molecule has 0 bridgehead atoms. The zero-order valence-corrected chi connectivity index (χ0v) is 21.6. The average Bonchev–Trinajstić information content (AvgIpc) is 2.83. The maximum absolute atomic E-state index is 13.7. The summed E-state index contributed by atoms with van der Waals surface area (Å²) < 4.78 is 32.6. The van der Waals surface area contributed by atoms with Crippen molar-refractivity contribution in [1.29, 1.82) is 0 Å². The van der Waals surface area contributed by atoms with Gasteiger partial charge in [-0.2, -0.15) is 0 Å². The lowest BCUT2D eigenvalue weighted by Crippen LogP contribution is -2.52. The number of piperidine rings is 1. The molecule has 4 nitrogen and oxygen atoms in total.